The molecule has 2 heteroatoms. The third-order valence-corrected chi connectivity index (χ3v) is 16.8. The van der Waals surface area contributed by atoms with Crippen molar-refractivity contribution in [1.82, 2.24) is 9.97 Å². The molecule has 356 valence electrons. The molecule has 0 aliphatic heterocycles. The molecule has 0 atom stereocenters. The molecule has 15 rings (SSSR count). The van der Waals surface area contributed by atoms with Gasteiger partial charge in [0.2, 0.25) is 0 Å². The Labute approximate surface area is 443 Å². The SMILES string of the molecule is CC1(C)c2ccc3ccccc3c2-c2cccc(-c3ccc(-c4ccc(-c5cc(-c6cccc7c6-c6ccccc6C7(c6ccccc6)c6ccccc6)nc(-c6ccccc6)n5)c5ccccc45)c4ccccc34)c21. The summed E-state index contributed by atoms with van der Waals surface area (Å²) in [5.41, 5.74) is 22.0. The lowest BCUT2D eigenvalue weighted by Crippen LogP contribution is -2.28. The minimum absolute atomic E-state index is 0.182. The maximum Gasteiger partial charge on any atom is 0.160 e. The highest BCUT2D eigenvalue weighted by atomic mass is 14.9. The van der Waals surface area contributed by atoms with Gasteiger partial charge in [-0.1, -0.05) is 275 Å². The molecule has 0 unspecified atom stereocenters. The lowest BCUT2D eigenvalue weighted by molar-refractivity contribution is 0.662. The lowest BCUT2D eigenvalue weighted by atomic mass is 9.67. The van der Waals surface area contributed by atoms with E-state index in [1.54, 1.807) is 0 Å². The van der Waals surface area contributed by atoms with Crippen LogP contribution in [0.4, 0.5) is 0 Å². The molecule has 0 N–H and O–H groups in total. The van der Waals surface area contributed by atoms with E-state index in [-0.39, 0.29) is 5.41 Å². The van der Waals surface area contributed by atoms with Gasteiger partial charge in [0, 0.05) is 22.1 Å². The van der Waals surface area contributed by atoms with Crippen molar-refractivity contribution in [3.05, 3.63) is 300 Å². The molecule has 1 heterocycles. The molecule has 76 heavy (non-hydrogen) atoms. The van der Waals surface area contributed by atoms with E-state index in [2.05, 4.69) is 281 Å². The van der Waals surface area contributed by atoms with Crippen LogP contribution in [-0.4, -0.2) is 9.97 Å². The van der Waals surface area contributed by atoms with Crippen LogP contribution in [0.3, 0.4) is 0 Å². The van der Waals surface area contributed by atoms with Crippen molar-refractivity contribution in [2.45, 2.75) is 24.7 Å². The van der Waals surface area contributed by atoms with E-state index in [1.165, 1.54) is 105 Å². The molecule has 13 aromatic rings. The molecule has 0 amide bonds. The van der Waals surface area contributed by atoms with Crippen molar-refractivity contribution >= 4 is 32.3 Å². The molecule has 2 aliphatic carbocycles. The Kier molecular flexibility index (Phi) is 9.86. The normalized spacial score (nSPS) is 13.6. The summed E-state index contributed by atoms with van der Waals surface area (Å²) in [6.45, 7) is 4.80. The summed E-state index contributed by atoms with van der Waals surface area (Å²) in [5, 5.41) is 7.38. The van der Waals surface area contributed by atoms with Gasteiger partial charge in [0.1, 0.15) is 0 Å². The van der Waals surface area contributed by atoms with Crippen LogP contribution in [0.2, 0.25) is 0 Å². The van der Waals surface area contributed by atoms with Crippen LogP contribution >= 0.6 is 0 Å². The topological polar surface area (TPSA) is 25.8 Å². The van der Waals surface area contributed by atoms with E-state index >= 15 is 0 Å². The van der Waals surface area contributed by atoms with Crippen LogP contribution < -0.4 is 0 Å². The van der Waals surface area contributed by atoms with Crippen molar-refractivity contribution in [2.75, 3.05) is 0 Å². The van der Waals surface area contributed by atoms with Gasteiger partial charge in [-0.15, -0.1) is 0 Å². The zero-order valence-corrected chi connectivity index (χ0v) is 42.3. The van der Waals surface area contributed by atoms with Crippen molar-refractivity contribution in [1.29, 1.82) is 0 Å². The number of rotatable bonds is 7. The van der Waals surface area contributed by atoms with Gasteiger partial charge < -0.3 is 0 Å². The fourth-order valence-corrected chi connectivity index (χ4v) is 13.5. The predicted octanol–water partition coefficient (Wildman–Crippen LogP) is 18.9. The molecule has 1 aromatic heterocycles. The van der Waals surface area contributed by atoms with Gasteiger partial charge in [-0.3, -0.25) is 0 Å². The van der Waals surface area contributed by atoms with E-state index in [1.807, 2.05) is 0 Å². The molecule has 0 bridgehead atoms. The van der Waals surface area contributed by atoms with E-state index in [0.717, 1.165) is 33.5 Å². The third kappa shape index (κ3) is 6.41. The first kappa shape index (κ1) is 44.0. The highest BCUT2D eigenvalue weighted by molar-refractivity contribution is 6.13. The summed E-state index contributed by atoms with van der Waals surface area (Å²) in [6.07, 6.45) is 0. The van der Waals surface area contributed by atoms with Crippen LogP contribution in [-0.2, 0) is 10.8 Å². The van der Waals surface area contributed by atoms with Crippen molar-refractivity contribution < 1.29 is 0 Å². The maximum atomic E-state index is 5.50. The molecule has 0 saturated heterocycles. The molecule has 0 spiro atoms. The van der Waals surface area contributed by atoms with Gasteiger partial charge in [-0.25, -0.2) is 9.97 Å². The number of hydrogen-bond donors (Lipinski definition) is 0. The van der Waals surface area contributed by atoms with Crippen LogP contribution in [0.1, 0.15) is 47.2 Å². The van der Waals surface area contributed by atoms with Gasteiger partial charge in [-0.05, 0) is 116 Å². The molecule has 0 saturated carbocycles. The molecule has 12 aromatic carbocycles. The summed E-state index contributed by atoms with van der Waals surface area (Å²) >= 11 is 0. The van der Waals surface area contributed by atoms with Gasteiger partial charge >= 0.3 is 0 Å². The van der Waals surface area contributed by atoms with Gasteiger partial charge in [0.25, 0.3) is 0 Å². The minimum Gasteiger partial charge on any atom is -0.228 e. The first-order valence-corrected chi connectivity index (χ1v) is 26.5. The van der Waals surface area contributed by atoms with Gasteiger partial charge in [-0.2, -0.15) is 0 Å². The quantitative estimate of drug-likeness (QED) is 0.159. The molecule has 2 aliphatic rings. The summed E-state index contributed by atoms with van der Waals surface area (Å²) in [5.74, 6) is 0.691. The summed E-state index contributed by atoms with van der Waals surface area (Å²) < 4.78 is 0. The Hall–Kier alpha value is -9.50. The zero-order chi connectivity index (χ0) is 50.5. The Morgan fingerprint density at radius 3 is 1.41 bits per heavy atom. The fraction of sp³-hybridized carbons (Fsp3) is 0.0541. The van der Waals surface area contributed by atoms with Crippen LogP contribution in [0.15, 0.2) is 267 Å². The van der Waals surface area contributed by atoms with Crippen LogP contribution in [0.25, 0.3) is 111 Å². The van der Waals surface area contributed by atoms with Crippen molar-refractivity contribution in [3.8, 4) is 78.4 Å². The van der Waals surface area contributed by atoms with Gasteiger partial charge in [0.15, 0.2) is 5.82 Å². The largest absolute Gasteiger partial charge is 0.228 e. The second-order valence-corrected chi connectivity index (χ2v) is 21.1. The second kappa shape index (κ2) is 17.0. The summed E-state index contributed by atoms with van der Waals surface area (Å²) in [6, 6.07) is 98.0. The van der Waals surface area contributed by atoms with E-state index in [4.69, 9.17) is 9.97 Å². The molecular formula is C74H50N2. The van der Waals surface area contributed by atoms with Gasteiger partial charge in [0.05, 0.1) is 16.8 Å². The summed E-state index contributed by atoms with van der Waals surface area (Å²) in [7, 11) is 0. The van der Waals surface area contributed by atoms with Crippen LogP contribution in [0, 0.1) is 0 Å². The van der Waals surface area contributed by atoms with Crippen LogP contribution in [0.5, 0.6) is 0 Å². The zero-order valence-electron chi connectivity index (χ0n) is 42.3. The lowest BCUT2D eigenvalue weighted by Gasteiger charge is -2.33. The summed E-state index contributed by atoms with van der Waals surface area (Å²) in [4.78, 5) is 11.0. The Morgan fingerprint density at radius 1 is 0.289 bits per heavy atom. The number of nitrogens with zero attached hydrogens (tertiary/aromatic N) is 2. The van der Waals surface area contributed by atoms with Crippen molar-refractivity contribution in [2.24, 2.45) is 0 Å². The molecule has 0 fully saturated rings. The van der Waals surface area contributed by atoms with Crippen molar-refractivity contribution in [3.63, 3.8) is 0 Å². The molecular weight excluding hydrogens is 917 g/mol. The minimum atomic E-state index is -0.532. The molecule has 0 radical (unpaired) electrons. The number of hydrogen-bond acceptors (Lipinski definition) is 2. The predicted molar refractivity (Wildman–Crippen MR) is 317 cm³/mol. The standard InChI is InChI=1S/C74H50N2/c1-73(2)65-45-40-47-22-12-13-29-51(47)69(65)63-37-20-35-60(71(63)73)58-42-41-56(52-30-14-15-31-53(52)58)57-43-44-59(55-33-17-16-32-54(55)57)67-46-68(76-72(75-67)48-23-6-3-7-24-48)62-36-21-39-66-70(62)61-34-18-19-38-64(61)74(66,49-25-8-4-9-26-49)50-27-10-5-11-28-50/h3-46H,1-2H3. The first-order chi connectivity index (χ1) is 37.5. The smallest absolute Gasteiger partial charge is 0.160 e. The highest BCUT2D eigenvalue weighted by Gasteiger charge is 2.47. The number of fused-ring (bicyclic) bond motifs is 10. The van der Waals surface area contributed by atoms with E-state index < -0.39 is 5.41 Å². The number of benzene rings is 12. The molecule has 2 nitrogen and oxygen atoms in total. The Morgan fingerprint density at radius 2 is 0.750 bits per heavy atom. The average Bonchev–Trinajstić information content (AvgIpc) is 3.93. The van der Waals surface area contributed by atoms with E-state index in [0.29, 0.717) is 5.82 Å². The maximum absolute atomic E-state index is 5.50. The fourth-order valence-electron chi connectivity index (χ4n) is 13.5. The monoisotopic (exact) mass is 966 g/mol. The Balaban J connectivity index is 0.907. The third-order valence-electron chi connectivity index (χ3n) is 16.8. The number of aromatic nitrogens is 2. The Bertz CT molecular complexity index is 4440. The van der Waals surface area contributed by atoms with E-state index in [9.17, 15) is 0 Å². The average molecular weight is 967 g/mol. The highest BCUT2D eigenvalue weighted by Crippen LogP contribution is 2.59. The second-order valence-electron chi connectivity index (χ2n) is 21.1. The first-order valence-electron chi connectivity index (χ1n) is 26.5.